The molecule has 3 aromatic rings. The normalized spacial score (nSPS) is 13.7. The fourth-order valence-corrected chi connectivity index (χ4v) is 4.60. The largest absolute Gasteiger partial charge is 0.481 e. The number of halogens is 1. The zero-order valence-electron chi connectivity index (χ0n) is 17.2. The van der Waals surface area contributed by atoms with Gasteiger partial charge >= 0.3 is 0 Å². The van der Waals surface area contributed by atoms with E-state index in [2.05, 4.69) is 22.8 Å². The Morgan fingerprint density at radius 1 is 1.26 bits per heavy atom. The van der Waals surface area contributed by atoms with Crippen molar-refractivity contribution in [3.8, 4) is 5.75 Å². The molecule has 0 aliphatic carbocycles. The number of amides is 1. The van der Waals surface area contributed by atoms with Crippen LogP contribution in [0.1, 0.15) is 24.4 Å². The summed E-state index contributed by atoms with van der Waals surface area (Å²) in [5, 5.41) is 9.83. The molecule has 6 nitrogen and oxygen atoms in total. The lowest BCUT2D eigenvalue weighted by Gasteiger charge is -2.18. The van der Waals surface area contributed by atoms with Crippen LogP contribution in [0.3, 0.4) is 0 Å². The summed E-state index contributed by atoms with van der Waals surface area (Å²) in [4.78, 5) is 14.7. The van der Waals surface area contributed by atoms with Crippen molar-refractivity contribution < 1.29 is 9.53 Å². The summed E-state index contributed by atoms with van der Waals surface area (Å²) in [6, 6.07) is 15.4. The first-order valence-electron chi connectivity index (χ1n) is 10.0. The zero-order valence-corrected chi connectivity index (χ0v) is 18.8. The fraction of sp³-hybridized carbons (Fsp3) is 0.261. The molecule has 0 saturated heterocycles. The van der Waals surface area contributed by atoms with Gasteiger partial charge in [0.25, 0.3) is 0 Å². The maximum Gasteiger partial charge on any atom is 0.237 e. The van der Waals surface area contributed by atoms with Crippen LogP contribution in [0.15, 0.2) is 66.3 Å². The van der Waals surface area contributed by atoms with Crippen molar-refractivity contribution >= 4 is 35.0 Å². The van der Waals surface area contributed by atoms with Crippen LogP contribution < -0.4 is 9.64 Å². The van der Waals surface area contributed by atoms with Crippen LogP contribution in [-0.4, -0.2) is 33.0 Å². The van der Waals surface area contributed by atoms with Crippen LogP contribution in [0.25, 0.3) is 0 Å². The summed E-state index contributed by atoms with van der Waals surface area (Å²) < 4.78 is 7.92. The Bertz CT molecular complexity index is 1100. The number of hydrogen-bond acceptors (Lipinski definition) is 5. The molecule has 4 rings (SSSR count). The summed E-state index contributed by atoms with van der Waals surface area (Å²) in [7, 11) is 0. The van der Waals surface area contributed by atoms with Crippen molar-refractivity contribution in [3.05, 3.63) is 77.6 Å². The first kappa shape index (κ1) is 21.5. The Labute approximate surface area is 190 Å². The molecular weight excluding hydrogens is 432 g/mol. The highest BCUT2D eigenvalue weighted by Gasteiger charge is 2.25. The topological polar surface area (TPSA) is 60.2 Å². The lowest BCUT2D eigenvalue weighted by molar-refractivity contribution is -0.116. The van der Waals surface area contributed by atoms with Crippen molar-refractivity contribution in [1.82, 2.24) is 14.8 Å². The second-order valence-corrected chi connectivity index (χ2v) is 8.49. The number of allylic oxidation sites excluding steroid dienone is 1. The third-order valence-electron chi connectivity index (χ3n) is 5.07. The summed E-state index contributed by atoms with van der Waals surface area (Å²) in [5.74, 6) is 1.58. The van der Waals surface area contributed by atoms with Crippen molar-refractivity contribution in [3.63, 3.8) is 0 Å². The van der Waals surface area contributed by atoms with Gasteiger partial charge in [-0.2, -0.15) is 0 Å². The summed E-state index contributed by atoms with van der Waals surface area (Å²) in [6.07, 6.45) is 2.29. The van der Waals surface area contributed by atoms with Crippen LogP contribution in [-0.2, 0) is 17.8 Å². The highest BCUT2D eigenvalue weighted by molar-refractivity contribution is 7.99. The van der Waals surface area contributed by atoms with Crippen molar-refractivity contribution in [2.45, 2.75) is 31.1 Å². The number of thioether (sulfide) groups is 1. The lowest BCUT2D eigenvalue weighted by Crippen LogP contribution is -2.30. The smallest absolute Gasteiger partial charge is 0.237 e. The van der Waals surface area contributed by atoms with Gasteiger partial charge in [0.1, 0.15) is 5.75 Å². The zero-order chi connectivity index (χ0) is 21.8. The van der Waals surface area contributed by atoms with E-state index in [0.717, 1.165) is 12.1 Å². The van der Waals surface area contributed by atoms with Gasteiger partial charge in [-0.25, -0.2) is 0 Å². The fourth-order valence-electron chi connectivity index (χ4n) is 3.59. The first-order valence-corrected chi connectivity index (χ1v) is 11.4. The minimum atomic E-state index is -0.372. The Morgan fingerprint density at radius 3 is 2.84 bits per heavy atom. The second kappa shape index (κ2) is 9.58. The number of aromatic nitrogens is 3. The van der Waals surface area contributed by atoms with Gasteiger partial charge in [0.15, 0.2) is 17.1 Å². The summed E-state index contributed by atoms with van der Waals surface area (Å²) in [5.41, 5.74) is 2.21. The number of anilines is 1. The molecule has 0 spiro atoms. The number of para-hydroxylation sites is 2. The number of carbonyl (C=O) groups is 1. The Hall–Kier alpha value is -2.77. The first-order chi connectivity index (χ1) is 15.1. The average molecular weight is 455 g/mol. The molecule has 0 radical (unpaired) electrons. The van der Waals surface area contributed by atoms with Gasteiger partial charge in [-0.15, -0.1) is 16.8 Å². The number of benzene rings is 2. The molecule has 1 aromatic heterocycles. The SMILES string of the molecule is C=CCn1c(SCC(=O)N2CCc3ccccc32)nnc1C(C)Oc1ccccc1Cl. The minimum Gasteiger partial charge on any atom is -0.481 e. The lowest BCUT2D eigenvalue weighted by atomic mass is 10.2. The number of nitrogens with zero attached hydrogens (tertiary/aromatic N) is 4. The molecule has 0 N–H and O–H groups in total. The molecule has 2 aromatic carbocycles. The van der Waals surface area contributed by atoms with Crippen LogP contribution in [0, 0.1) is 0 Å². The molecule has 1 atom stereocenters. The van der Waals surface area contributed by atoms with Crippen molar-refractivity contribution in [1.29, 1.82) is 0 Å². The summed E-state index contributed by atoms with van der Waals surface area (Å²) in [6.45, 7) is 6.96. The van der Waals surface area contributed by atoms with Gasteiger partial charge in [-0.3, -0.25) is 9.36 Å². The maximum absolute atomic E-state index is 12.9. The second-order valence-electron chi connectivity index (χ2n) is 7.14. The van der Waals surface area contributed by atoms with E-state index in [-0.39, 0.29) is 17.8 Å². The third-order valence-corrected chi connectivity index (χ3v) is 6.34. The van der Waals surface area contributed by atoms with Gasteiger partial charge in [0.2, 0.25) is 5.91 Å². The molecule has 1 unspecified atom stereocenters. The van der Waals surface area contributed by atoms with E-state index in [9.17, 15) is 4.79 Å². The molecule has 1 aliphatic rings. The number of rotatable bonds is 8. The average Bonchev–Trinajstić information content (AvgIpc) is 3.38. The van der Waals surface area contributed by atoms with Crippen LogP contribution in [0.4, 0.5) is 5.69 Å². The number of ether oxygens (including phenoxy) is 1. The van der Waals surface area contributed by atoms with Gasteiger partial charge in [0, 0.05) is 18.8 Å². The van der Waals surface area contributed by atoms with Gasteiger partial charge in [0.05, 0.1) is 10.8 Å². The standard InChI is InChI=1S/C23H23ClN4O2S/c1-3-13-28-22(16(2)30-20-11-7-5-9-18(20)24)25-26-23(28)31-15-21(29)27-14-12-17-8-4-6-10-19(17)27/h3-11,16H,1,12-15H2,2H3. The van der Waals surface area contributed by atoms with E-state index in [0.29, 0.717) is 34.8 Å². The van der Waals surface area contributed by atoms with Crippen molar-refractivity contribution in [2.75, 3.05) is 17.2 Å². The minimum absolute atomic E-state index is 0.0602. The van der Waals surface area contributed by atoms with E-state index in [4.69, 9.17) is 16.3 Å². The molecule has 8 heteroatoms. The summed E-state index contributed by atoms with van der Waals surface area (Å²) >= 11 is 7.59. The molecule has 1 amide bonds. The quantitative estimate of drug-likeness (QED) is 0.356. The monoisotopic (exact) mass is 454 g/mol. The molecule has 0 bridgehead atoms. The van der Waals surface area contributed by atoms with E-state index in [1.165, 1.54) is 17.3 Å². The highest BCUT2D eigenvalue weighted by atomic mass is 35.5. The van der Waals surface area contributed by atoms with Crippen LogP contribution in [0.5, 0.6) is 5.75 Å². The van der Waals surface area contributed by atoms with E-state index in [1.807, 2.05) is 52.8 Å². The Kier molecular flexibility index (Phi) is 6.63. The Balaban J connectivity index is 1.47. The van der Waals surface area contributed by atoms with E-state index in [1.54, 1.807) is 12.1 Å². The number of carbonyl (C=O) groups excluding carboxylic acids is 1. The Morgan fingerprint density at radius 2 is 2.03 bits per heavy atom. The van der Waals surface area contributed by atoms with E-state index < -0.39 is 0 Å². The van der Waals surface area contributed by atoms with Crippen LogP contribution >= 0.6 is 23.4 Å². The molecule has 2 heterocycles. The molecule has 1 aliphatic heterocycles. The van der Waals surface area contributed by atoms with Gasteiger partial charge in [-0.05, 0) is 37.1 Å². The predicted octanol–water partition coefficient (Wildman–Crippen LogP) is 4.94. The van der Waals surface area contributed by atoms with Crippen LogP contribution in [0.2, 0.25) is 5.02 Å². The molecule has 31 heavy (non-hydrogen) atoms. The number of hydrogen-bond donors (Lipinski definition) is 0. The maximum atomic E-state index is 12.9. The third kappa shape index (κ3) is 4.62. The van der Waals surface area contributed by atoms with Gasteiger partial charge < -0.3 is 9.64 Å². The molecular formula is C23H23ClN4O2S. The number of fused-ring (bicyclic) bond motifs is 1. The van der Waals surface area contributed by atoms with Crippen molar-refractivity contribution in [2.24, 2.45) is 0 Å². The molecule has 160 valence electrons. The molecule has 0 saturated carbocycles. The van der Waals surface area contributed by atoms with Gasteiger partial charge in [-0.1, -0.05) is 59.8 Å². The highest BCUT2D eigenvalue weighted by Crippen LogP contribution is 2.31. The predicted molar refractivity (Wildman–Crippen MR) is 124 cm³/mol. The molecule has 0 fully saturated rings. The van der Waals surface area contributed by atoms with E-state index >= 15 is 0 Å².